The second-order valence-electron chi connectivity index (χ2n) is 11.3. The van der Waals surface area contributed by atoms with Crippen molar-refractivity contribution in [2.24, 2.45) is 0 Å². The van der Waals surface area contributed by atoms with E-state index >= 15 is 0 Å². The number of likely N-dealkylation sites (N-methyl/N-ethyl adjacent to an activating group) is 1. The molecule has 0 bridgehead atoms. The maximum absolute atomic E-state index is 13.3. The minimum Gasteiger partial charge on any atom is -0.390 e. The Bertz CT molecular complexity index is 1690. The lowest BCUT2D eigenvalue weighted by molar-refractivity contribution is -0.110. The van der Waals surface area contributed by atoms with Crippen LogP contribution in [0.5, 0.6) is 0 Å². The van der Waals surface area contributed by atoms with Crippen LogP contribution in [0, 0.1) is 6.92 Å². The second-order valence-corrected chi connectivity index (χ2v) is 11.8. The highest BCUT2D eigenvalue weighted by molar-refractivity contribution is 6.35. The van der Waals surface area contributed by atoms with Gasteiger partial charge >= 0.3 is 0 Å². The first-order valence-corrected chi connectivity index (χ1v) is 15.7. The number of anilines is 2. The Hall–Kier alpha value is -4.21. The number of nitrogens with one attached hydrogen (secondary N) is 4. The number of carbonyl (C=O) groups is 2. The van der Waals surface area contributed by atoms with Crippen LogP contribution in [0.3, 0.4) is 0 Å². The van der Waals surface area contributed by atoms with Crippen molar-refractivity contribution in [1.29, 1.82) is 0 Å². The van der Waals surface area contributed by atoms with Crippen molar-refractivity contribution >= 4 is 46.4 Å². The van der Waals surface area contributed by atoms with E-state index in [9.17, 15) is 14.7 Å². The van der Waals surface area contributed by atoms with Crippen molar-refractivity contribution < 1.29 is 14.7 Å². The van der Waals surface area contributed by atoms with Crippen LogP contribution in [0.4, 0.5) is 11.4 Å². The van der Waals surface area contributed by atoms with Crippen molar-refractivity contribution in [3.05, 3.63) is 106 Å². The largest absolute Gasteiger partial charge is 0.390 e. The number of aliphatic hydroxyl groups is 1. The van der Waals surface area contributed by atoms with Crippen molar-refractivity contribution in [2.75, 3.05) is 36.8 Å². The molecule has 4 aromatic rings. The fraction of sp³-hybridized carbons (Fsp3) is 0.278. The Morgan fingerprint density at radius 1 is 1.04 bits per heavy atom. The molecular weight excluding hydrogens is 586 g/mol. The molecule has 0 saturated heterocycles. The van der Waals surface area contributed by atoms with E-state index in [-0.39, 0.29) is 17.9 Å². The molecule has 45 heavy (non-hydrogen) atoms. The van der Waals surface area contributed by atoms with Crippen LogP contribution in [-0.2, 0) is 4.79 Å². The van der Waals surface area contributed by atoms with E-state index < -0.39 is 6.10 Å². The molecule has 0 fully saturated rings. The molecule has 0 saturated carbocycles. The molecule has 1 aromatic heterocycles. The van der Waals surface area contributed by atoms with Crippen molar-refractivity contribution in [1.82, 2.24) is 15.2 Å². The number of para-hydroxylation sites is 1. The van der Waals surface area contributed by atoms with Gasteiger partial charge in [-0.15, -0.1) is 0 Å². The van der Waals surface area contributed by atoms with Gasteiger partial charge in [-0.05, 0) is 86.6 Å². The molecule has 2 atom stereocenters. The summed E-state index contributed by atoms with van der Waals surface area (Å²) in [6.07, 6.45) is 1.33. The molecule has 234 valence electrons. The smallest absolute Gasteiger partial charge is 0.256 e. The van der Waals surface area contributed by atoms with E-state index in [1.54, 1.807) is 18.2 Å². The monoisotopic (exact) mass is 625 g/mol. The zero-order chi connectivity index (χ0) is 32.1. The molecule has 3 aromatic carbocycles. The summed E-state index contributed by atoms with van der Waals surface area (Å²) in [5, 5.41) is 20.7. The number of carbonyl (C=O) groups excluding carboxylic acids is 2. The van der Waals surface area contributed by atoms with Crippen LogP contribution in [0.2, 0.25) is 5.02 Å². The van der Waals surface area contributed by atoms with Gasteiger partial charge in [0.2, 0.25) is 0 Å². The summed E-state index contributed by atoms with van der Waals surface area (Å²) in [5.41, 5.74) is 7.52. The number of benzene rings is 3. The Kier molecular flexibility index (Phi) is 10.2. The van der Waals surface area contributed by atoms with Gasteiger partial charge in [-0.1, -0.05) is 55.8 Å². The highest BCUT2D eigenvalue weighted by Gasteiger charge is 2.28. The highest BCUT2D eigenvalue weighted by atomic mass is 35.5. The van der Waals surface area contributed by atoms with Gasteiger partial charge in [0, 0.05) is 63.6 Å². The molecule has 2 heterocycles. The van der Waals surface area contributed by atoms with Gasteiger partial charge in [0.25, 0.3) is 11.8 Å². The minimum absolute atomic E-state index is 0.108. The number of nitrogens with zero attached hydrogens (tertiary/aromatic N) is 1. The van der Waals surface area contributed by atoms with E-state index in [0.717, 1.165) is 41.2 Å². The first-order valence-electron chi connectivity index (χ1n) is 15.3. The van der Waals surface area contributed by atoms with E-state index in [4.69, 9.17) is 11.6 Å². The van der Waals surface area contributed by atoms with Crippen LogP contribution in [0.25, 0.3) is 22.8 Å². The van der Waals surface area contributed by atoms with Crippen LogP contribution >= 0.6 is 11.6 Å². The maximum atomic E-state index is 13.3. The molecule has 8 nitrogen and oxygen atoms in total. The third-order valence-electron chi connectivity index (χ3n) is 8.24. The van der Waals surface area contributed by atoms with Crippen LogP contribution in [0.15, 0.2) is 72.8 Å². The van der Waals surface area contributed by atoms with Gasteiger partial charge in [-0.2, -0.15) is 0 Å². The van der Waals surface area contributed by atoms with Crippen LogP contribution in [-0.4, -0.2) is 59.1 Å². The molecule has 2 amide bonds. The van der Waals surface area contributed by atoms with Gasteiger partial charge in [0.05, 0.1) is 11.7 Å². The predicted molar refractivity (Wildman–Crippen MR) is 184 cm³/mol. The summed E-state index contributed by atoms with van der Waals surface area (Å²) in [4.78, 5) is 32.1. The number of halogens is 1. The topological polar surface area (TPSA) is 109 Å². The zero-order valence-electron chi connectivity index (χ0n) is 26.1. The Labute approximate surface area is 269 Å². The predicted octanol–water partition coefficient (Wildman–Crippen LogP) is 6.74. The summed E-state index contributed by atoms with van der Waals surface area (Å²) < 4.78 is 0. The average Bonchev–Trinajstić information content (AvgIpc) is 3.54. The van der Waals surface area contributed by atoms with E-state index in [1.807, 2.05) is 67.6 Å². The molecular formula is C36H40ClN5O3. The summed E-state index contributed by atoms with van der Waals surface area (Å²) >= 11 is 6.25. The summed E-state index contributed by atoms with van der Waals surface area (Å²) in [5.74, 6) is -0.502. The number of fused-ring (bicyclic) bond motifs is 1. The number of hydrogen-bond donors (Lipinski definition) is 5. The van der Waals surface area contributed by atoms with E-state index in [0.29, 0.717) is 46.2 Å². The molecule has 5 N–H and O–H groups in total. The summed E-state index contributed by atoms with van der Waals surface area (Å²) in [6, 6.07) is 22.0. The summed E-state index contributed by atoms with van der Waals surface area (Å²) in [7, 11) is 0. The number of aliphatic hydroxyl groups excluding tert-OH is 1. The first-order chi connectivity index (χ1) is 21.7. The minimum atomic E-state index is -0.515. The Morgan fingerprint density at radius 2 is 1.76 bits per heavy atom. The lowest BCUT2D eigenvalue weighted by atomic mass is 9.94. The average molecular weight is 626 g/mol. The SMILES string of the molecule is CCN(CC)CC(O)CNC(C)c1c(C)[nH]c(C=C2C(=O)Nc3ccc(C(=O)Nc4ccccc4)cc32)c1-c1ccc(Cl)cc1. The van der Waals surface area contributed by atoms with Crippen molar-refractivity contribution in [2.45, 2.75) is 39.8 Å². The normalized spacial score (nSPS) is 14.8. The van der Waals surface area contributed by atoms with Crippen molar-refractivity contribution in [3.8, 4) is 11.1 Å². The molecule has 0 spiro atoms. The zero-order valence-corrected chi connectivity index (χ0v) is 26.8. The molecule has 9 heteroatoms. The highest BCUT2D eigenvalue weighted by Crippen LogP contribution is 2.39. The quantitative estimate of drug-likeness (QED) is 0.112. The van der Waals surface area contributed by atoms with Crippen molar-refractivity contribution in [3.63, 3.8) is 0 Å². The molecule has 1 aliphatic heterocycles. The lowest BCUT2D eigenvalue weighted by Gasteiger charge is -2.24. The summed E-state index contributed by atoms with van der Waals surface area (Å²) in [6.45, 7) is 11.1. The number of amides is 2. The number of aromatic nitrogens is 1. The van der Waals surface area contributed by atoms with E-state index in [2.05, 4.69) is 46.6 Å². The third kappa shape index (κ3) is 7.37. The molecule has 0 radical (unpaired) electrons. The standard InChI is InChI=1S/C36H40ClN5O3/c1-5-42(6-2)21-28(43)20-38-22(3)33-23(4)39-32(34(33)24-12-15-26(37)16-13-24)19-30-29-18-25(14-17-31(29)41-36(30)45)35(44)40-27-10-8-7-9-11-27/h7-19,22,28,38-39,43H,5-6,20-21H2,1-4H3,(H,40,44)(H,41,45). The molecule has 0 aliphatic carbocycles. The fourth-order valence-electron chi connectivity index (χ4n) is 5.84. The van der Waals surface area contributed by atoms with Crippen LogP contribution < -0.4 is 16.0 Å². The maximum Gasteiger partial charge on any atom is 0.256 e. The Balaban J connectivity index is 1.50. The van der Waals surface area contributed by atoms with Gasteiger partial charge in [0.1, 0.15) is 0 Å². The molecule has 1 aliphatic rings. The van der Waals surface area contributed by atoms with Gasteiger partial charge in [-0.25, -0.2) is 0 Å². The third-order valence-corrected chi connectivity index (χ3v) is 8.49. The van der Waals surface area contributed by atoms with Gasteiger partial charge in [-0.3, -0.25) is 9.59 Å². The Morgan fingerprint density at radius 3 is 2.44 bits per heavy atom. The van der Waals surface area contributed by atoms with Gasteiger partial charge in [0.15, 0.2) is 0 Å². The number of aromatic amines is 1. The van der Waals surface area contributed by atoms with Crippen LogP contribution in [0.1, 0.15) is 59.7 Å². The number of H-pyrrole nitrogens is 1. The number of hydrogen-bond acceptors (Lipinski definition) is 5. The molecule has 2 unspecified atom stereocenters. The number of rotatable bonds is 12. The fourth-order valence-corrected chi connectivity index (χ4v) is 5.97. The van der Waals surface area contributed by atoms with E-state index in [1.165, 1.54) is 0 Å². The number of aryl methyl sites for hydroxylation is 1. The second kappa shape index (κ2) is 14.3. The van der Waals surface area contributed by atoms with Gasteiger partial charge < -0.3 is 30.9 Å². The lowest BCUT2D eigenvalue weighted by Crippen LogP contribution is -2.39. The first kappa shape index (κ1) is 32.2. The molecule has 5 rings (SSSR count).